The highest BCUT2D eigenvalue weighted by Gasteiger charge is 2.07. The molecule has 128 valence electrons. The van der Waals surface area contributed by atoms with E-state index in [2.05, 4.69) is 33.4 Å². The van der Waals surface area contributed by atoms with Crippen LogP contribution in [-0.4, -0.2) is 22.5 Å². The van der Waals surface area contributed by atoms with Crippen molar-refractivity contribution in [1.82, 2.24) is 9.99 Å². The number of hydrazone groups is 1. The molecule has 3 rings (SSSR count). The number of fused-ring (bicyclic) bond motifs is 1. The number of nitrogens with two attached hydrogens (primary N) is 1. The lowest BCUT2D eigenvalue weighted by atomic mass is 10.2. The number of aryl methyl sites for hydroxylation is 1. The van der Waals surface area contributed by atoms with Crippen molar-refractivity contribution in [2.24, 2.45) is 10.8 Å². The molecule has 0 atom stereocenters. The third kappa shape index (κ3) is 4.16. The molecule has 0 fully saturated rings. The fourth-order valence-electron chi connectivity index (χ4n) is 2.70. The first kappa shape index (κ1) is 17.0. The van der Waals surface area contributed by atoms with Crippen LogP contribution in [0.15, 0.2) is 59.8 Å². The molecule has 0 saturated carbocycles. The van der Waals surface area contributed by atoms with E-state index in [9.17, 15) is 0 Å². The first-order valence-electron chi connectivity index (χ1n) is 8.00. The van der Waals surface area contributed by atoms with Crippen molar-refractivity contribution in [3.05, 3.63) is 65.9 Å². The van der Waals surface area contributed by atoms with Crippen LogP contribution >= 0.6 is 12.2 Å². The van der Waals surface area contributed by atoms with Crippen LogP contribution in [0.3, 0.4) is 0 Å². The molecular formula is C19H20N4OS. The van der Waals surface area contributed by atoms with Crippen LogP contribution in [0.2, 0.25) is 0 Å². The van der Waals surface area contributed by atoms with Crippen molar-refractivity contribution >= 4 is 34.4 Å². The molecule has 5 nitrogen and oxygen atoms in total. The number of hydrogen-bond acceptors (Lipinski definition) is 3. The number of nitrogens with zero attached hydrogens (tertiary/aromatic N) is 2. The lowest BCUT2D eigenvalue weighted by Gasteiger charge is -2.10. The van der Waals surface area contributed by atoms with E-state index >= 15 is 0 Å². The van der Waals surface area contributed by atoms with Gasteiger partial charge >= 0.3 is 0 Å². The molecule has 1 heterocycles. The van der Waals surface area contributed by atoms with Crippen LogP contribution in [0, 0.1) is 6.92 Å². The summed E-state index contributed by atoms with van der Waals surface area (Å²) in [6, 6.07) is 16.2. The second kappa shape index (κ2) is 7.81. The van der Waals surface area contributed by atoms with Crippen LogP contribution in [0.25, 0.3) is 10.9 Å². The number of aromatic nitrogens is 1. The highest BCUT2D eigenvalue weighted by molar-refractivity contribution is 7.80. The number of nitrogens with one attached hydrogen (secondary N) is 1. The normalized spacial score (nSPS) is 11.1. The van der Waals surface area contributed by atoms with Crippen LogP contribution < -0.4 is 15.9 Å². The Morgan fingerprint density at radius 1 is 1.24 bits per heavy atom. The van der Waals surface area contributed by atoms with E-state index in [1.807, 2.05) is 43.3 Å². The lowest BCUT2D eigenvalue weighted by Crippen LogP contribution is -2.23. The summed E-state index contributed by atoms with van der Waals surface area (Å²) in [5, 5.41) is 5.32. The Morgan fingerprint density at radius 2 is 2.00 bits per heavy atom. The molecule has 1 aromatic heterocycles. The van der Waals surface area contributed by atoms with Gasteiger partial charge in [0.1, 0.15) is 12.4 Å². The largest absolute Gasteiger partial charge is 0.491 e. The lowest BCUT2D eigenvalue weighted by molar-refractivity contribution is 0.298. The molecule has 0 radical (unpaired) electrons. The summed E-state index contributed by atoms with van der Waals surface area (Å²) in [6.07, 6.45) is 3.77. The zero-order valence-corrected chi connectivity index (χ0v) is 14.8. The molecular weight excluding hydrogens is 332 g/mol. The summed E-state index contributed by atoms with van der Waals surface area (Å²) in [6.45, 7) is 3.38. The Morgan fingerprint density at radius 3 is 2.80 bits per heavy atom. The maximum atomic E-state index is 5.91. The summed E-state index contributed by atoms with van der Waals surface area (Å²) in [7, 11) is 0. The van der Waals surface area contributed by atoms with Crippen molar-refractivity contribution in [2.45, 2.75) is 13.5 Å². The third-order valence-electron chi connectivity index (χ3n) is 3.88. The van der Waals surface area contributed by atoms with Crippen molar-refractivity contribution < 1.29 is 4.74 Å². The van der Waals surface area contributed by atoms with E-state index in [-0.39, 0.29) is 5.11 Å². The number of para-hydroxylation sites is 2. The van der Waals surface area contributed by atoms with E-state index in [0.717, 1.165) is 34.3 Å². The van der Waals surface area contributed by atoms with Crippen LogP contribution in [0.4, 0.5) is 0 Å². The van der Waals surface area contributed by atoms with Gasteiger partial charge in [0.15, 0.2) is 5.11 Å². The van der Waals surface area contributed by atoms with Gasteiger partial charge in [-0.2, -0.15) is 5.10 Å². The first-order valence-corrected chi connectivity index (χ1v) is 8.41. The van der Waals surface area contributed by atoms with Crippen molar-refractivity contribution in [1.29, 1.82) is 0 Å². The van der Waals surface area contributed by atoms with Crippen LogP contribution in [-0.2, 0) is 6.54 Å². The monoisotopic (exact) mass is 352 g/mol. The van der Waals surface area contributed by atoms with Gasteiger partial charge in [0.25, 0.3) is 0 Å². The molecule has 3 N–H and O–H groups in total. The Labute approximate surface area is 152 Å². The molecule has 0 unspecified atom stereocenters. The second-order valence-corrected chi connectivity index (χ2v) is 6.08. The quantitative estimate of drug-likeness (QED) is 0.406. The molecule has 25 heavy (non-hydrogen) atoms. The number of hydrogen-bond donors (Lipinski definition) is 2. The van der Waals surface area contributed by atoms with Crippen LogP contribution in [0.5, 0.6) is 5.75 Å². The van der Waals surface area contributed by atoms with E-state index in [4.69, 9.17) is 22.7 Å². The Hall–Kier alpha value is -2.86. The average molecular weight is 352 g/mol. The summed E-state index contributed by atoms with van der Waals surface area (Å²) in [4.78, 5) is 0. The second-order valence-electron chi connectivity index (χ2n) is 5.64. The van der Waals surface area contributed by atoms with Gasteiger partial charge in [0.05, 0.1) is 12.8 Å². The summed E-state index contributed by atoms with van der Waals surface area (Å²) in [5.41, 5.74) is 11.2. The molecule has 0 spiro atoms. The molecule has 0 aliphatic carbocycles. The molecule has 0 bridgehead atoms. The first-order chi connectivity index (χ1) is 12.1. The standard InChI is InChI=1S/C19H20N4OS/c1-14-6-2-5-9-18(14)24-11-10-23-13-15(12-21-22-19(20)25)16-7-3-4-8-17(16)23/h2-9,12-13H,10-11H2,1H3,(H3,20,22,25). The van der Waals surface area contributed by atoms with Gasteiger partial charge in [-0.05, 0) is 36.8 Å². The van der Waals surface area contributed by atoms with E-state index in [1.54, 1.807) is 6.21 Å². The highest BCUT2D eigenvalue weighted by Crippen LogP contribution is 2.21. The summed E-state index contributed by atoms with van der Waals surface area (Å²) in [5.74, 6) is 0.918. The fourth-order valence-corrected chi connectivity index (χ4v) is 2.75. The topological polar surface area (TPSA) is 64.6 Å². The number of ether oxygens (including phenoxy) is 1. The van der Waals surface area contributed by atoms with Crippen molar-refractivity contribution in [3.8, 4) is 5.75 Å². The van der Waals surface area contributed by atoms with Crippen molar-refractivity contribution in [3.63, 3.8) is 0 Å². The Kier molecular flexibility index (Phi) is 5.30. The Bertz CT molecular complexity index is 917. The van der Waals surface area contributed by atoms with Gasteiger partial charge in [-0.3, -0.25) is 5.43 Å². The molecule has 0 aliphatic rings. The van der Waals surface area contributed by atoms with E-state index in [0.29, 0.717) is 6.61 Å². The third-order valence-corrected chi connectivity index (χ3v) is 3.97. The number of thiocarbonyl (C=S) groups is 1. The smallest absolute Gasteiger partial charge is 0.184 e. The van der Waals surface area contributed by atoms with Gasteiger partial charge < -0.3 is 15.0 Å². The molecule has 2 aromatic carbocycles. The van der Waals surface area contributed by atoms with E-state index in [1.165, 1.54) is 0 Å². The minimum absolute atomic E-state index is 0.145. The van der Waals surface area contributed by atoms with Gasteiger partial charge in [0, 0.05) is 22.7 Å². The number of benzene rings is 2. The number of rotatable bonds is 6. The zero-order chi connectivity index (χ0) is 17.6. The maximum absolute atomic E-state index is 5.91. The SMILES string of the molecule is Cc1ccccc1OCCn1cc(C=NNC(N)=S)c2ccccc21. The van der Waals surface area contributed by atoms with E-state index < -0.39 is 0 Å². The van der Waals surface area contributed by atoms with Gasteiger partial charge in [-0.15, -0.1) is 0 Å². The summed E-state index contributed by atoms with van der Waals surface area (Å²) < 4.78 is 8.07. The fraction of sp³-hybridized carbons (Fsp3) is 0.158. The summed E-state index contributed by atoms with van der Waals surface area (Å²) >= 11 is 4.76. The van der Waals surface area contributed by atoms with Gasteiger partial charge in [0.2, 0.25) is 0 Å². The molecule has 0 saturated heterocycles. The van der Waals surface area contributed by atoms with Crippen molar-refractivity contribution in [2.75, 3.05) is 6.61 Å². The van der Waals surface area contributed by atoms with Crippen LogP contribution in [0.1, 0.15) is 11.1 Å². The maximum Gasteiger partial charge on any atom is 0.184 e. The van der Waals surface area contributed by atoms with Gasteiger partial charge in [-0.1, -0.05) is 36.4 Å². The zero-order valence-electron chi connectivity index (χ0n) is 14.0. The molecule has 0 aliphatic heterocycles. The highest BCUT2D eigenvalue weighted by atomic mass is 32.1. The molecule has 0 amide bonds. The minimum atomic E-state index is 0.145. The average Bonchev–Trinajstić information content (AvgIpc) is 2.95. The predicted molar refractivity (Wildman–Crippen MR) is 106 cm³/mol. The van der Waals surface area contributed by atoms with Gasteiger partial charge in [-0.25, -0.2) is 0 Å². The Balaban J connectivity index is 1.76. The predicted octanol–water partition coefficient (Wildman–Crippen LogP) is 3.20. The minimum Gasteiger partial charge on any atom is -0.491 e. The molecule has 3 aromatic rings. The molecule has 6 heteroatoms.